The molecule has 0 rings (SSSR count). The monoisotopic (exact) mass is 647 g/mol. The minimum absolute atomic E-state index is 0.0809. The zero-order valence-corrected chi connectivity index (χ0v) is 29.6. The third-order valence-electron chi connectivity index (χ3n) is 8.11. The van der Waals surface area contributed by atoms with Gasteiger partial charge in [0, 0.05) is 13.0 Å². The van der Waals surface area contributed by atoms with E-state index in [0.29, 0.717) is 6.42 Å². The Hall–Kier alpha value is -0.760. The van der Waals surface area contributed by atoms with Gasteiger partial charge in [0.05, 0.1) is 25.4 Å². The van der Waals surface area contributed by atoms with E-state index in [0.717, 1.165) is 38.5 Å². The molecule has 1 amide bonds. The highest BCUT2D eigenvalue weighted by atomic mass is 31.2. The molecule has 9 heteroatoms. The number of unbranched alkanes of at least 4 members (excludes halogenated alkanes) is 22. The van der Waals surface area contributed by atoms with Crippen LogP contribution < -0.4 is 11.1 Å². The first-order chi connectivity index (χ1) is 21.4. The van der Waals surface area contributed by atoms with Gasteiger partial charge in [0.15, 0.2) is 0 Å². The summed E-state index contributed by atoms with van der Waals surface area (Å²) in [5, 5.41) is 13.6. The van der Waals surface area contributed by atoms with Gasteiger partial charge in [0.25, 0.3) is 0 Å². The Bertz CT molecular complexity index is 709. The van der Waals surface area contributed by atoms with Crippen LogP contribution >= 0.6 is 7.82 Å². The number of allylic oxidation sites excluding steroid dienone is 1. The fraction of sp³-hybridized carbons (Fsp3) is 0.914. The van der Waals surface area contributed by atoms with Crippen molar-refractivity contribution in [3.8, 4) is 0 Å². The van der Waals surface area contributed by atoms with Gasteiger partial charge in [0.1, 0.15) is 0 Å². The van der Waals surface area contributed by atoms with E-state index >= 15 is 0 Å². The molecule has 0 spiro atoms. The molecule has 0 saturated heterocycles. The molecule has 0 radical (unpaired) electrons. The minimum Gasteiger partial charge on any atom is -0.387 e. The van der Waals surface area contributed by atoms with Crippen LogP contribution in [0.15, 0.2) is 12.2 Å². The number of nitrogens with one attached hydrogen (secondary N) is 1. The van der Waals surface area contributed by atoms with Crippen molar-refractivity contribution < 1.29 is 28.4 Å². The van der Waals surface area contributed by atoms with Gasteiger partial charge in [-0.3, -0.25) is 13.8 Å². The van der Waals surface area contributed by atoms with Crippen molar-refractivity contribution in [2.75, 3.05) is 19.8 Å². The summed E-state index contributed by atoms with van der Waals surface area (Å²) in [4.78, 5) is 22.5. The number of phosphoric ester groups is 1. The Morgan fingerprint density at radius 3 is 1.61 bits per heavy atom. The summed E-state index contributed by atoms with van der Waals surface area (Å²) in [6.45, 7) is 4.11. The lowest BCUT2D eigenvalue weighted by atomic mass is 10.0. The van der Waals surface area contributed by atoms with Crippen molar-refractivity contribution in [1.29, 1.82) is 0 Å². The number of amides is 1. The van der Waals surface area contributed by atoms with Crippen LogP contribution in [0.5, 0.6) is 0 Å². The molecule has 3 atom stereocenters. The van der Waals surface area contributed by atoms with Crippen molar-refractivity contribution in [1.82, 2.24) is 5.32 Å². The molecular formula is C35H71N2O6P. The van der Waals surface area contributed by atoms with Crippen LogP contribution in [-0.2, 0) is 18.4 Å². The molecule has 1 unspecified atom stereocenters. The molecule has 44 heavy (non-hydrogen) atoms. The molecule has 0 aliphatic carbocycles. The highest BCUT2D eigenvalue weighted by Gasteiger charge is 2.26. The van der Waals surface area contributed by atoms with E-state index in [2.05, 4.69) is 19.2 Å². The number of hydrogen-bond donors (Lipinski definition) is 4. The number of nitrogens with two attached hydrogens (primary N) is 1. The molecule has 0 fully saturated rings. The van der Waals surface area contributed by atoms with E-state index < -0.39 is 20.0 Å². The van der Waals surface area contributed by atoms with Gasteiger partial charge in [0.2, 0.25) is 5.91 Å². The fourth-order valence-electron chi connectivity index (χ4n) is 5.31. The fourth-order valence-corrected chi connectivity index (χ4v) is 6.07. The van der Waals surface area contributed by atoms with Gasteiger partial charge in [-0.1, -0.05) is 161 Å². The molecule has 0 bridgehead atoms. The number of hydrogen-bond acceptors (Lipinski definition) is 6. The molecule has 0 aromatic heterocycles. The molecule has 0 aromatic rings. The van der Waals surface area contributed by atoms with Crippen molar-refractivity contribution in [2.45, 2.75) is 187 Å². The summed E-state index contributed by atoms with van der Waals surface area (Å²) in [5.41, 5.74) is 5.35. The van der Waals surface area contributed by atoms with Crippen molar-refractivity contribution in [2.24, 2.45) is 5.73 Å². The zero-order chi connectivity index (χ0) is 32.6. The average molecular weight is 647 g/mol. The van der Waals surface area contributed by atoms with Crippen molar-refractivity contribution in [3.63, 3.8) is 0 Å². The molecule has 0 aromatic carbocycles. The predicted octanol–water partition coefficient (Wildman–Crippen LogP) is 9.27. The first kappa shape index (κ1) is 43.2. The lowest BCUT2D eigenvalue weighted by molar-refractivity contribution is -0.123. The Labute approximate surface area is 271 Å². The van der Waals surface area contributed by atoms with Gasteiger partial charge >= 0.3 is 7.82 Å². The van der Waals surface area contributed by atoms with E-state index in [1.54, 1.807) is 6.08 Å². The second kappa shape index (κ2) is 32.2. The van der Waals surface area contributed by atoms with Crippen LogP contribution in [0.3, 0.4) is 0 Å². The van der Waals surface area contributed by atoms with Gasteiger partial charge in [-0.25, -0.2) is 4.57 Å². The first-order valence-electron chi connectivity index (χ1n) is 18.3. The molecule has 0 aliphatic heterocycles. The highest BCUT2D eigenvalue weighted by molar-refractivity contribution is 7.47. The van der Waals surface area contributed by atoms with E-state index in [-0.39, 0.29) is 25.7 Å². The van der Waals surface area contributed by atoms with Crippen LogP contribution in [0.2, 0.25) is 0 Å². The third-order valence-corrected chi connectivity index (χ3v) is 9.10. The second-order valence-corrected chi connectivity index (χ2v) is 13.9. The van der Waals surface area contributed by atoms with Gasteiger partial charge in [-0.2, -0.15) is 0 Å². The summed E-state index contributed by atoms with van der Waals surface area (Å²) in [6, 6.07) is -0.852. The molecular weight excluding hydrogens is 575 g/mol. The zero-order valence-electron chi connectivity index (χ0n) is 28.7. The number of carbonyl (C=O) groups excluding carboxylic acids is 1. The van der Waals surface area contributed by atoms with Gasteiger partial charge in [-0.05, 0) is 19.3 Å². The maximum atomic E-state index is 12.6. The maximum absolute atomic E-state index is 12.6. The van der Waals surface area contributed by atoms with Crippen LogP contribution in [0.4, 0.5) is 0 Å². The van der Waals surface area contributed by atoms with Gasteiger partial charge in [-0.15, -0.1) is 0 Å². The van der Waals surface area contributed by atoms with Gasteiger partial charge < -0.3 is 21.1 Å². The number of rotatable bonds is 34. The summed E-state index contributed by atoms with van der Waals surface area (Å²) in [5.74, 6) is -0.195. The van der Waals surface area contributed by atoms with E-state index in [1.165, 1.54) is 116 Å². The first-order valence-corrected chi connectivity index (χ1v) is 19.8. The SMILES string of the molecule is CCCCCCCCCCCCC/C=C/[C@@H](O)[C@H](COP(=O)(O)OCCN)NC(=O)CCCCCCCCCCCCCC. The van der Waals surface area contributed by atoms with E-state index in [9.17, 15) is 19.4 Å². The standard InChI is InChI=1S/C35H71N2O6P/c1-3-5-7-9-11-13-15-17-18-20-22-24-26-28-34(38)33(32-43-44(40,41)42-31-30-36)37-35(39)29-27-25-23-21-19-16-14-12-10-8-6-4-2/h26,28,33-34,38H,3-25,27,29-32,36H2,1-2H3,(H,37,39)(H,40,41)/b28-26+/t33-,34+/m0/s1. The summed E-state index contributed by atoms with van der Waals surface area (Å²) in [7, 11) is -4.32. The Morgan fingerprint density at radius 2 is 1.16 bits per heavy atom. The molecule has 8 nitrogen and oxygen atoms in total. The van der Waals surface area contributed by atoms with E-state index in [1.807, 2.05) is 6.08 Å². The smallest absolute Gasteiger partial charge is 0.387 e. The molecule has 0 aliphatic rings. The molecule has 262 valence electrons. The maximum Gasteiger partial charge on any atom is 0.472 e. The summed E-state index contributed by atoms with van der Waals surface area (Å²) in [6.07, 6.45) is 32.5. The predicted molar refractivity (Wildman–Crippen MR) is 185 cm³/mol. The molecule has 0 heterocycles. The Balaban J connectivity index is 4.34. The average Bonchev–Trinajstić information content (AvgIpc) is 3.01. The summed E-state index contributed by atoms with van der Waals surface area (Å²) < 4.78 is 22.0. The molecule has 5 N–H and O–H groups in total. The number of phosphoric acid groups is 1. The third kappa shape index (κ3) is 29.9. The lowest BCUT2D eigenvalue weighted by Gasteiger charge is -2.23. The highest BCUT2D eigenvalue weighted by Crippen LogP contribution is 2.43. The van der Waals surface area contributed by atoms with Crippen LogP contribution in [0, 0.1) is 0 Å². The summed E-state index contributed by atoms with van der Waals surface area (Å²) >= 11 is 0. The topological polar surface area (TPSA) is 131 Å². The quantitative estimate of drug-likeness (QED) is 0.0311. The number of aliphatic hydroxyl groups excluding tert-OH is 1. The normalized spacial score (nSPS) is 14.6. The van der Waals surface area contributed by atoms with Crippen LogP contribution in [0.1, 0.15) is 174 Å². The Kier molecular flexibility index (Phi) is 31.6. The number of carbonyl (C=O) groups is 1. The largest absolute Gasteiger partial charge is 0.472 e. The van der Waals surface area contributed by atoms with Crippen LogP contribution in [0.25, 0.3) is 0 Å². The van der Waals surface area contributed by atoms with Crippen LogP contribution in [-0.4, -0.2) is 47.8 Å². The molecule has 0 saturated carbocycles. The minimum atomic E-state index is -4.32. The van der Waals surface area contributed by atoms with E-state index in [4.69, 9.17) is 14.8 Å². The second-order valence-electron chi connectivity index (χ2n) is 12.4. The number of aliphatic hydroxyl groups is 1. The Morgan fingerprint density at radius 1 is 0.727 bits per heavy atom. The van der Waals surface area contributed by atoms with Crippen molar-refractivity contribution in [3.05, 3.63) is 12.2 Å². The lowest BCUT2D eigenvalue weighted by Crippen LogP contribution is -2.45. The van der Waals surface area contributed by atoms with Crippen molar-refractivity contribution >= 4 is 13.7 Å².